The number of carbonyl (C=O) groups excluding carboxylic acids is 1. The number of ether oxygens (including phenoxy) is 1. The quantitative estimate of drug-likeness (QED) is 0.490. The number of esters is 1. The van der Waals surface area contributed by atoms with Crippen LogP contribution in [-0.2, 0) is 4.74 Å². The van der Waals surface area contributed by atoms with Crippen molar-refractivity contribution in [3.63, 3.8) is 0 Å². The van der Waals surface area contributed by atoms with Gasteiger partial charge in [0.15, 0.2) is 0 Å². The minimum absolute atomic E-state index is 0.165. The van der Waals surface area contributed by atoms with Gasteiger partial charge in [-0.05, 0) is 42.0 Å². The Morgan fingerprint density at radius 1 is 1.00 bits per heavy atom. The Balaban J connectivity index is 1.66. The summed E-state index contributed by atoms with van der Waals surface area (Å²) in [5, 5.41) is 7.57. The Morgan fingerprint density at radius 3 is 2.33 bits per heavy atom. The van der Waals surface area contributed by atoms with E-state index < -0.39 is 0 Å². The normalized spacial score (nSPS) is 17.5. The van der Waals surface area contributed by atoms with Gasteiger partial charge >= 0.3 is 5.97 Å². The van der Waals surface area contributed by atoms with E-state index in [0.717, 1.165) is 17.0 Å². The van der Waals surface area contributed by atoms with Crippen molar-refractivity contribution in [2.75, 3.05) is 11.6 Å². The summed E-state index contributed by atoms with van der Waals surface area (Å²) >= 11 is 6.24. The second-order valence-corrected chi connectivity index (χ2v) is 8.28. The van der Waals surface area contributed by atoms with Gasteiger partial charge in [-0.25, -0.2) is 4.79 Å². The highest BCUT2D eigenvalue weighted by Crippen LogP contribution is 2.40. The zero-order chi connectivity index (χ0) is 21.1. The van der Waals surface area contributed by atoms with Crippen LogP contribution in [0.5, 0.6) is 0 Å². The van der Waals surface area contributed by atoms with Gasteiger partial charge in [0.2, 0.25) is 0 Å². The van der Waals surface area contributed by atoms with Crippen LogP contribution in [0.4, 0.5) is 5.69 Å². The molecule has 1 unspecified atom stereocenters. The van der Waals surface area contributed by atoms with E-state index in [4.69, 9.17) is 21.4 Å². The van der Waals surface area contributed by atoms with Crippen molar-refractivity contribution in [1.82, 2.24) is 0 Å². The molecule has 3 aromatic carbocycles. The number of hydrazone groups is 1. The predicted octanol–water partition coefficient (Wildman–Crippen LogP) is 5.82. The average Bonchev–Trinajstić information content (AvgIpc) is 3.03. The molecule has 30 heavy (non-hydrogen) atoms. The number of carbonyl (C=O) groups is 1. The number of rotatable bonds is 5. The SMILES string of the molecule is CC1(C)C(c2cccc(Cl)c2)=NN(c2ccccc2)C1COC(=O)c1ccccc1. The summed E-state index contributed by atoms with van der Waals surface area (Å²) in [5.74, 6) is -0.337. The van der Waals surface area contributed by atoms with Gasteiger partial charge in [-0.2, -0.15) is 5.10 Å². The molecule has 0 aliphatic carbocycles. The van der Waals surface area contributed by atoms with Crippen LogP contribution in [-0.4, -0.2) is 24.3 Å². The smallest absolute Gasteiger partial charge is 0.338 e. The average molecular weight is 419 g/mol. The highest BCUT2D eigenvalue weighted by atomic mass is 35.5. The maximum Gasteiger partial charge on any atom is 0.338 e. The number of hydrogen-bond donors (Lipinski definition) is 0. The number of halogens is 1. The van der Waals surface area contributed by atoms with Crippen molar-refractivity contribution in [3.05, 3.63) is 101 Å². The molecule has 152 valence electrons. The maximum atomic E-state index is 12.6. The van der Waals surface area contributed by atoms with E-state index in [1.165, 1.54) is 0 Å². The summed E-state index contributed by atoms with van der Waals surface area (Å²) in [4.78, 5) is 12.6. The molecule has 1 aliphatic rings. The first-order valence-electron chi connectivity index (χ1n) is 9.88. The molecule has 5 heteroatoms. The minimum Gasteiger partial charge on any atom is -0.460 e. The molecule has 0 saturated carbocycles. The van der Waals surface area contributed by atoms with Crippen molar-refractivity contribution in [2.24, 2.45) is 10.5 Å². The third kappa shape index (κ3) is 3.96. The van der Waals surface area contributed by atoms with Crippen molar-refractivity contribution in [3.8, 4) is 0 Å². The van der Waals surface area contributed by atoms with Gasteiger partial charge in [0.25, 0.3) is 0 Å². The third-order valence-corrected chi connectivity index (χ3v) is 5.68. The first-order chi connectivity index (χ1) is 14.5. The second-order valence-electron chi connectivity index (χ2n) is 7.84. The van der Waals surface area contributed by atoms with Crippen LogP contribution >= 0.6 is 11.6 Å². The van der Waals surface area contributed by atoms with E-state index in [9.17, 15) is 4.79 Å². The Morgan fingerprint density at radius 2 is 1.67 bits per heavy atom. The number of benzene rings is 3. The molecule has 0 aromatic heterocycles. The molecule has 0 spiro atoms. The molecule has 3 aromatic rings. The summed E-state index contributed by atoms with van der Waals surface area (Å²) in [6.45, 7) is 4.45. The fourth-order valence-electron chi connectivity index (χ4n) is 3.74. The largest absolute Gasteiger partial charge is 0.460 e. The lowest BCUT2D eigenvalue weighted by Gasteiger charge is -2.32. The van der Waals surface area contributed by atoms with E-state index in [2.05, 4.69) is 13.8 Å². The van der Waals surface area contributed by atoms with Gasteiger partial charge in [0.05, 0.1) is 23.0 Å². The second kappa shape index (κ2) is 8.33. The van der Waals surface area contributed by atoms with Crippen molar-refractivity contribution >= 4 is 29.0 Å². The standard InChI is InChI=1S/C25H23ClN2O2/c1-25(2)22(17-30-24(29)18-10-5-3-6-11-18)28(21-14-7-4-8-15-21)27-23(25)19-12-9-13-20(26)16-19/h3-16,22H,17H2,1-2H3. The lowest BCUT2D eigenvalue weighted by molar-refractivity contribution is 0.0450. The number of nitrogens with zero attached hydrogens (tertiary/aromatic N) is 2. The van der Waals surface area contributed by atoms with E-state index in [1.54, 1.807) is 12.1 Å². The molecule has 1 aliphatic heterocycles. The zero-order valence-electron chi connectivity index (χ0n) is 17.0. The minimum atomic E-state index is -0.377. The molecular formula is C25H23ClN2O2. The number of para-hydroxylation sites is 1. The summed E-state index contributed by atoms with van der Waals surface area (Å²) in [5.41, 5.74) is 2.98. The van der Waals surface area contributed by atoms with E-state index in [0.29, 0.717) is 10.6 Å². The van der Waals surface area contributed by atoms with Gasteiger partial charge in [-0.15, -0.1) is 0 Å². The van der Waals surface area contributed by atoms with Crippen LogP contribution in [0.1, 0.15) is 29.8 Å². The first kappa shape index (κ1) is 20.2. The van der Waals surface area contributed by atoms with E-state index >= 15 is 0 Å². The summed E-state index contributed by atoms with van der Waals surface area (Å²) in [7, 11) is 0. The fourth-order valence-corrected chi connectivity index (χ4v) is 3.94. The number of hydrogen-bond acceptors (Lipinski definition) is 4. The Hall–Kier alpha value is -3.11. The summed E-state index contributed by atoms with van der Waals surface area (Å²) < 4.78 is 5.73. The highest BCUT2D eigenvalue weighted by molar-refractivity contribution is 6.31. The molecular weight excluding hydrogens is 396 g/mol. The Kier molecular flexibility index (Phi) is 5.60. The molecule has 0 bridgehead atoms. The molecule has 0 saturated heterocycles. The molecule has 4 rings (SSSR count). The Labute approximate surface area is 181 Å². The van der Waals surface area contributed by atoms with Gasteiger partial charge in [0.1, 0.15) is 6.61 Å². The predicted molar refractivity (Wildman–Crippen MR) is 121 cm³/mol. The van der Waals surface area contributed by atoms with Crippen molar-refractivity contribution in [1.29, 1.82) is 0 Å². The van der Waals surface area contributed by atoms with Crippen LogP contribution in [0.2, 0.25) is 5.02 Å². The Bertz CT molecular complexity index is 1060. The van der Waals surface area contributed by atoms with Crippen LogP contribution < -0.4 is 5.01 Å². The lowest BCUT2D eigenvalue weighted by Crippen LogP contribution is -2.44. The lowest BCUT2D eigenvalue weighted by atomic mass is 9.78. The van der Waals surface area contributed by atoms with Crippen LogP contribution in [0.3, 0.4) is 0 Å². The monoisotopic (exact) mass is 418 g/mol. The molecule has 0 radical (unpaired) electrons. The first-order valence-corrected chi connectivity index (χ1v) is 10.3. The van der Waals surface area contributed by atoms with Gasteiger partial charge in [-0.1, -0.05) is 74.0 Å². The highest BCUT2D eigenvalue weighted by Gasteiger charge is 2.46. The molecule has 0 N–H and O–H groups in total. The number of anilines is 1. The van der Waals surface area contributed by atoms with Crippen LogP contribution in [0, 0.1) is 5.41 Å². The third-order valence-electron chi connectivity index (χ3n) is 5.45. The van der Waals surface area contributed by atoms with Gasteiger partial charge < -0.3 is 4.74 Å². The van der Waals surface area contributed by atoms with Crippen molar-refractivity contribution < 1.29 is 9.53 Å². The molecule has 4 nitrogen and oxygen atoms in total. The van der Waals surface area contributed by atoms with Gasteiger partial charge in [0, 0.05) is 10.4 Å². The van der Waals surface area contributed by atoms with Crippen LogP contribution in [0.15, 0.2) is 90.0 Å². The van der Waals surface area contributed by atoms with E-state index in [-0.39, 0.29) is 24.0 Å². The van der Waals surface area contributed by atoms with E-state index in [1.807, 2.05) is 77.8 Å². The zero-order valence-corrected chi connectivity index (χ0v) is 17.7. The van der Waals surface area contributed by atoms with Gasteiger partial charge in [-0.3, -0.25) is 5.01 Å². The topological polar surface area (TPSA) is 41.9 Å². The molecule has 0 fully saturated rings. The summed E-state index contributed by atoms with van der Waals surface area (Å²) in [6, 6.07) is 26.5. The van der Waals surface area contributed by atoms with Crippen molar-refractivity contribution in [2.45, 2.75) is 19.9 Å². The summed E-state index contributed by atoms with van der Waals surface area (Å²) in [6.07, 6.45) is 0. The molecule has 0 amide bonds. The van der Waals surface area contributed by atoms with Crippen LogP contribution in [0.25, 0.3) is 0 Å². The molecule has 1 atom stereocenters. The molecule has 1 heterocycles. The maximum absolute atomic E-state index is 12.6. The fraction of sp³-hybridized carbons (Fsp3) is 0.200.